The number of aromatic nitrogens is 4. The zero-order valence-corrected chi connectivity index (χ0v) is 14.7. The van der Waals surface area contributed by atoms with Crippen molar-refractivity contribution < 1.29 is 19.4 Å². The van der Waals surface area contributed by atoms with Crippen molar-refractivity contribution in [2.75, 3.05) is 14.2 Å². The predicted octanol–water partition coefficient (Wildman–Crippen LogP) is 2.60. The van der Waals surface area contributed by atoms with Gasteiger partial charge in [-0.1, -0.05) is 12.1 Å². The summed E-state index contributed by atoms with van der Waals surface area (Å²) in [6.45, 7) is 0. The van der Waals surface area contributed by atoms with Crippen molar-refractivity contribution in [3.63, 3.8) is 0 Å². The van der Waals surface area contributed by atoms with Crippen molar-refractivity contribution in [3.05, 3.63) is 53.5 Å². The zero-order chi connectivity index (χ0) is 19.0. The topological polar surface area (TPSA) is 110 Å². The Kier molecular flexibility index (Phi) is 4.08. The second kappa shape index (κ2) is 6.56. The van der Waals surface area contributed by atoms with Gasteiger partial charge in [-0.05, 0) is 23.8 Å². The maximum Gasteiger partial charge on any atom is 0.339 e. The maximum atomic E-state index is 11.7. The molecule has 8 heteroatoms. The number of nitrogens with zero attached hydrogens (tertiary/aromatic N) is 3. The number of methoxy groups -OCH3 is 2. The minimum atomic E-state index is -0.489. The molecule has 0 atom stereocenters. The summed E-state index contributed by atoms with van der Waals surface area (Å²) in [6.07, 6.45) is 1.82. The Hall–Kier alpha value is -3.68. The molecule has 1 aromatic carbocycles. The van der Waals surface area contributed by atoms with Gasteiger partial charge in [0.1, 0.15) is 28.1 Å². The molecule has 0 aliphatic carbocycles. The lowest BCUT2D eigenvalue weighted by atomic mass is 10.1. The molecule has 136 valence electrons. The standard InChI is InChI=1S/C19H16N4O4/c1-26-12-5-3-4-10(6-12)7-14-22-17-15(18(24)23-14)16-13(21-17)8-11(9-20-16)19(25)27-2/h3-6,8-9H,7H2,1-2H3,(H2,21,22,23,24). The number of aromatic hydroxyl groups is 1. The van der Waals surface area contributed by atoms with E-state index in [-0.39, 0.29) is 5.88 Å². The molecular weight excluding hydrogens is 348 g/mol. The second-order valence-electron chi connectivity index (χ2n) is 5.95. The Balaban J connectivity index is 1.78. The molecule has 2 N–H and O–H groups in total. The predicted molar refractivity (Wildman–Crippen MR) is 98.0 cm³/mol. The summed E-state index contributed by atoms with van der Waals surface area (Å²) in [6, 6.07) is 9.17. The monoisotopic (exact) mass is 364 g/mol. The van der Waals surface area contributed by atoms with Gasteiger partial charge in [0.05, 0.1) is 25.3 Å². The number of esters is 1. The van der Waals surface area contributed by atoms with Gasteiger partial charge in [0, 0.05) is 12.6 Å². The molecule has 8 nitrogen and oxygen atoms in total. The van der Waals surface area contributed by atoms with Crippen molar-refractivity contribution in [3.8, 4) is 11.6 Å². The molecule has 0 fully saturated rings. The lowest BCUT2D eigenvalue weighted by Crippen LogP contribution is -2.01. The molecule has 4 rings (SSSR count). The lowest BCUT2D eigenvalue weighted by molar-refractivity contribution is 0.0600. The van der Waals surface area contributed by atoms with E-state index in [1.807, 2.05) is 24.3 Å². The summed E-state index contributed by atoms with van der Waals surface area (Å²) in [5, 5.41) is 10.8. The molecule has 0 aliphatic rings. The number of H-pyrrole nitrogens is 1. The van der Waals surface area contributed by atoms with Crippen molar-refractivity contribution in [1.29, 1.82) is 0 Å². The smallest absolute Gasteiger partial charge is 0.339 e. The molecule has 0 saturated heterocycles. The highest BCUT2D eigenvalue weighted by molar-refractivity contribution is 6.07. The van der Waals surface area contributed by atoms with Gasteiger partial charge in [-0.25, -0.2) is 9.78 Å². The van der Waals surface area contributed by atoms with E-state index in [2.05, 4.69) is 19.9 Å². The first-order valence-corrected chi connectivity index (χ1v) is 8.17. The van der Waals surface area contributed by atoms with Gasteiger partial charge in [0.2, 0.25) is 5.88 Å². The van der Waals surface area contributed by atoms with E-state index in [9.17, 15) is 9.90 Å². The highest BCUT2D eigenvalue weighted by Crippen LogP contribution is 2.29. The molecule has 0 spiro atoms. The summed E-state index contributed by atoms with van der Waals surface area (Å²) in [7, 11) is 2.91. The van der Waals surface area contributed by atoms with Crippen LogP contribution in [0.3, 0.4) is 0 Å². The minimum Gasteiger partial charge on any atom is -0.497 e. The number of nitrogens with one attached hydrogen (secondary N) is 1. The normalized spacial score (nSPS) is 11.0. The number of benzene rings is 1. The van der Waals surface area contributed by atoms with Crippen LogP contribution < -0.4 is 4.74 Å². The van der Waals surface area contributed by atoms with E-state index < -0.39 is 5.97 Å². The van der Waals surface area contributed by atoms with Gasteiger partial charge in [0.25, 0.3) is 0 Å². The quantitative estimate of drug-likeness (QED) is 0.536. The van der Waals surface area contributed by atoms with Crippen molar-refractivity contribution >= 4 is 28.0 Å². The third-order valence-electron chi connectivity index (χ3n) is 4.23. The summed E-state index contributed by atoms with van der Waals surface area (Å²) >= 11 is 0. The fourth-order valence-corrected chi connectivity index (χ4v) is 2.96. The SMILES string of the molecule is COC(=O)c1cnc2c(c1)[nH]c1nc(Cc3cccc(OC)c3)nc(O)c12. The van der Waals surface area contributed by atoms with Crippen LogP contribution in [0.1, 0.15) is 21.7 Å². The first kappa shape index (κ1) is 16.8. The van der Waals surface area contributed by atoms with E-state index in [4.69, 9.17) is 9.47 Å². The molecule has 4 aromatic rings. The number of pyridine rings is 1. The number of hydrogen-bond donors (Lipinski definition) is 2. The maximum absolute atomic E-state index is 11.7. The average Bonchev–Trinajstić information content (AvgIpc) is 3.05. The number of aromatic amines is 1. The molecule has 0 radical (unpaired) electrons. The molecule has 0 saturated carbocycles. The van der Waals surface area contributed by atoms with Crippen LogP contribution in [0.4, 0.5) is 0 Å². The largest absolute Gasteiger partial charge is 0.497 e. The molecule has 3 heterocycles. The number of hydrogen-bond acceptors (Lipinski definition) is 7. The third-order valence-corrected chi connectivity index (χ3v) is 4.23. The van der Waals surface area contributed by atoms with Gasteiger partial charge >= 0.3 is 5.97 Å². The first-order valence-electron chi connectivity index (χ1n) is 8.17. The van der Waals surface area contributed by atoms with Crippen molar-refractivity contribution in [2.45, 2.75) is 6.42 Å². The Bertz CT molecular complexity index is 1170. The van der Waals surface area contributed by atoms with E-state index in [1.165, 1.54) is 13.3 Å². The Labute approximate surface area is 153 Å². The van der Waals surface area contributed by atoms with Gasteiger partial charge in [0.15, 0.2) is 0 Å². The lowest BCUT2D eigenvalue weighted by Gasteiger charge is -2.04. The number of carbonyl (C=O) groups excluding carboxylic acids is 1. The van der Waals surface area contributed by atoms with Crippen molar-refractivity contribution in [1.82, 2.24) is 19.9 Å². The number of rotatable bonds is 4. The van der Waals surface area contributed by atoms with Gasteiger partial charge in [-0.3, -0.25) is 4.98 Å². The Morgan fingerprint density at radius 3 is 2.85 bits per heavy atom. The van der Waals surface area contributed by atoms with Crippen LogP contribution in [0, 0.1) is 0 Å². The molecule has 27 heavy (non-hydrogen) atoms. The van der Waals surface area contributed by atoms with Gasteiger partial charge in [-0.2, -0.15) is 4.98 Å². The van der Waals surface area contributed by atoms with Crippen LogP contribution >= 0.6 is 0 Å². The van der Waals surface area contributed by atoms with Crippen LogP contribution in [0.2, 0.25) is 0 Å². The highest BCUT2D eigenvalue weighted by atomic mass is 16.5. The van der Waals surface area contributed by atoms with E-state index in [0.717, 1.165) is 11.3 Å². The number of fused-ring (bicyclic) bond motifs is 3. The molecule has 0 aliphatic heterocycles. The summed E-state index contributed by atoms with van der Waals surface area (Å²) in [5.41, 5.74) is 2.76. The average molecular weight is 364 g/mol. The van der Waals surface area contributed by atoms with Crippen molar-refractivity contribution in [2.24, 2.45) is 0 Å². The number of carbonyl (C=O) groups is 1. The Morgan fingerprint density at radius 2 is 2.07 bits per heavy atom. The third kappa shape index (κ3) is 3.01. The van der Waals surface area contributed by atoms with Crippen LogP contribution in [-0.4, -0.2) is 45.2 Å². The number of ether oxygens (including phenoxy) is 2. The molecule has 0 unspecified atom stereocenters. The van der Waals surface area contributed by atoms with Crippen LogP contribution in [-0.2, 0) is 11.2 Å². The van der Waals surface area contributed by atoms with Crippen LogP contribution in [0.5, 0.6) is 11.6 Å². The molecular formula is C19H16N4O4. The Morgan fingerprint density at radius 1 is 1.22 bits per heavy atom. The molecule has 0 bridgehead atoms. The van der Waals surface area contributed by atoms with Gasteiger partial charge in [-0.15, -0.1) is 0 Å². The molecule has 0 amide bonds. The summed E-state index contributed by atoms with van der Waals surface area (Å²) in [4.78, 5) is 27.7. The zero-order valence-electron chi connectivity index (χ0n) is 14.7. The summed E-state index contributed by atoms with van der Waals surface area (Å²) < 4.78 is 9.93. The minimum absolute atomic E-state index is 0.164. The van der Waals surface area contributed by atoms with E-state index in [1.54, 1.807) is 13.2 Å². The fourth-order valence-electron chi connectivity index (χ4n) is 2.96. The second-order valence-corrected chi connectivity index (χ2v) is 5.95. The fraction of sp³-hybridized carbons (Fsp3) is 0.158. The van der Waals surface area contributed by atoms with E-state index in [0.29, 0.717) is 39.9 Å². The highest BCUT2D eigenvalue weighted by Gasteiger charge is 2.16. The molecule has 3 aromatic heterocycles. The first-order chi connectivity index (χ1) is 13.1. The summed E-state index contributed by atoms with van der Waals surface area (Å²) in [5.74, 6) is 0.537. The van der Waals surface area contributed by atoms with Gasteiger partial charge < -0.3 is 19.6 Å². The van der Waals surface area contributed by atoms with Crippen LogP contribution in [0.15, 0.2) is 36.5 Å². The van der Waals surface area contributed by atoms with E-state index >= 15 is 0 Å². The van der Waals surface area contributed by atoms with Crippen LogP contribution in [0.25, 0.3) is 22.1 Å².